The fraction of sp³-hybridized carbons (Fsp3) is 0.298. The number of hydrogen-bond donors (Lipinski definition) is 6. The number of hydrogen-bond acceptors (Lipinski definition) is 10. The number of carbonyl (C=O) groups is 2. The van der Waals surface area contributed by atoms with Crippen LogP contribution in [0.5, 0.6) is 0 Å². The van der Waals surface area contributed by atoms with Crippen molar-refractivity contribution in [2.75, 3.05) is 40.5 Å². The molecule has 0 bridgehead atoms. The molecule has 5 aromatic rings. The molecule has 306 valence electrons. The number of aromatic nitrogens is 1. The van der Waals surface area contributed by atoms with E-state index in [1.165, 1.54) is 4.57 Å². The highest BCUT2D eigenvalue weighted by molar-refractivity contribution is 6.11. The predicted molar refractivity (Wildman–Crippen MR) is 234 cm³/mol. The molecule has 2 aliphatic rings. The van der Waals surface area contributed by atoms with Gasteiger partial charge in [0.05, 0.1) is 52.4 Å². The first-order valence-corrected chi connectivity index (χ1v) is 20.2. The maximum absolute atomic E-state index is 14.6. The van der Waals surface area contributed by atoms with Gasteiger partial charge in [0.2, 0.25) is 0 Å². The summed E-state index contributed by atoms with van der Waals surface area (Å²) in [6.07, 6.45) is 1.70. The summed E-state index contributed by atoms with van der Waals surface area (Å²) in [6.45, 7) is 7.73. The molecule has 0 aliphatic carbocycles. The van der Waals surface area contributed by atoms with Crippen LogP contribution in [0.2, 0.25) is 0 Å². The van der Waals surface area contributed by atoms with Crippen molar-refractivity contribution in [3.63, 3.8) is 0 Å². The van der Waals surface area contributed by atoms with Crippen molar-refractivity contribution >= 4 is 40.3 Å². The molecule has 6 atom stereocenters. The summed E-state index contributed by atoms with van der Waals surface area (Å²) in [5.41, 5.74) is 7.88. The zero-order valence-corrected chi connectivity index (χ0v) is 34.1. The van der Waals surface area contributed by atoms with Gasteiger partial charge >= 0.3 is 5.97 Å². The standard InChI is InChI=1S/C47H49N9O4/c1-28(34-18-19-55(4)41(57)22-34)25-50-30(3)43-47(60)56(40-13-7-11-36(24-49)46(40)54-43)37-16-14-32(15-17-37)44(39-27-51-38-12-6-10-35(23-48)45(38)53-39)52-26-29(2)33-9-5-8-31(20-33)21-42(58)59/h5-20,22,28-30,39,43-44,50-54H,21,25-27H2,1-4H3,(H,58,59)/t28-,29-,30+,39+,43-,44+/m0/s1. The van der Waals surface area contributed by atoms with E-state index in [-0.39, 0.29) is 47.8 Å². The van der Waals surface area contributed by atoms with E-state index in [1.807, 2.05) is 86.6 Å². The zero-order chi connectivity index (χ0) is 42.5. The Morgan fingerprint density at radius 2 is 1.48 bits per heavy atom. The van der Waals surface area contributed by atoms with Gasteiger partial charge in [0, 0.05) is 50.7 Å². The Kier molecular flexibility index (Phi) is 12.3. The Balaban J connectivity index is 1.17. The predicted octanol–water partition coefficient (Wildman–Crippen LogP) is 6.34. The average molecular weight is 804 g/mol. The van der Waals surface area contributed by atoms with Gasteiger partial charge in [0.1, 0.15) is 18.2 Å². The van der Waals surface area contributed by atoms with Crippen molar-refractivity contribution in [1.29, 1.82) is 10.5 Å². The first kappa shape index (κ1) is 41.2. The van der Waals surface area contributed by atoms with E-state index >= 15 is 0 Å². The fourth-order valence-electron chi connectivity index (χ4n) is 8.06. The van der Waals surface area contributed by atoms with E-state index in [1.54, 1.807) is 42.4 Å². The van der Waals surface area contributed by atoms with Crippen LogP contribution in [0.4, 0.5) is 28.4 Å². The van der Waals surface area contributed by atoms with Crippen LogP contribution in [-0.4, -0.2) is 59.3 Å². The minimum atomic E-state index is -0.879. The molecule has 0 radical (unpaired) electrons. The molecule has 13 heteroatoms. The Hall–Kier alpha value is -6.93. The second-order valence-electron chi connectivity index (χ2n) is 15.8. The lowest BCUT2D eigenvalue weighted by Gasteiger charge is -2.39. The molecule has 2 aliphatic heterocycles. The maximum Gasteiger partial charge on any atom is 0.307 e. The van der Waals surface area contributed by atoms with Gasteiger partial charge in [0.15, 0.2) is 0 Å². The van der Waals surface area contributed by atoms with Gasteiger partial charge < -0.3 is 36.3 Å². The third-order valence-corrected chi connectivity index (χ3v) is 11.6. The number of fused-ring (bicyclic) bond motifs is 2. The van der Waals surface area contributed by atoms with Crippen molar-refractivity contribution in [2.24, 2.45) is 7.05 Å². The molecule has 3 heterocycles. The summed E-state index contributed by atoms with van der Waals surface area (Å²) in [4.78, 5) is 40.0. The lowest BCUT2D eigenvalue weighted by Crippen LogP contribution is -2.55. The van der Waals surface area contributed by atoms with Crippen LogP contribution in [0.15, 0.2) is 108 Å². The van der Waals surface area contributed by atoms with Crippen LogP contribution in [0.25, 0.3) is 0 Å². The van der Waals surface area contributed by atoms with Crippen molar-refractivity contribution in [3.8, 4) is 12.1 Å². The van der Waals surface area contributed by atoms with Gasteiger partial charge in [-0.3, -0.25) is 19.3 Å². The molecule has 6 N–H and O–H groups in total. The molecule has 1 aromatic heterocycles. The van der Waals surface area contributed by atoms with Crippen LogP contribution < -0.4 is 37.0 Å². The Morgan fingerprint density at radius 1 is 0.817 bits per heavy atom. The second-order valence-corrected chi connectivity index (χ2v) is 15.8. The van der Waals surface area contributed by atoms with E-state index < -0.39 is 12.0 Å². The second kappa shape index (κ2) is 17.9. The molecule has 60 heavy (non-hydrogen) atoms. The number of carboxylic acids is 1. The highest BCUT2D eigenvalue weighted by Crippen LogP contribution is 2.40. The van der Waals surface area contributed by atoms with E-state index in [0.29, 0.717) is 47.8 Å². The van der Waals surface area contributed by atoms with Gasteiger partial charge in [-0.15, -0.1) is 0 Å². The summed E-state index contributed by atoms with van der Waals surface area (Å²) in [5.74, 6) is -1.01. The van der Waals surface area contributed by atoms with Crippen molar-refractivity contribution in [1.82, 2.24) is 15.2 Å². The van der Waals surface area contributed by atoms with E-state index in [9.17, 15) is 30.0 Å². The van der Waals surface area contributed by atoms with Crippen molar-refractivity contribution in [3.05, 3.63) is 147 Å². The molecule has 0 spiro atoms. The molecule has 0 saturated heterocycles. The highest BCUT2D eigenvalue weighted by Gasteiger charge is 2.38. The van der Waals surface area contributed by atoms with Crippen LogP contribution in [-0.2, 0) is 23.1 Å². The summed E-state index contributed by atoms with van der Waals surface area (Å²) in [6, 6.07) is 33.1. The Morgan fingerprint density at radius 3 is 2.18 bits per heavy atom. The number of amides is 1. The average Bonchev–Trinajstić information content (AvgIpc) is 3.25. The van der Waals surface area contributed by atoms with E-state index in [4.69, 9.17) is 0 Å². The molecule has 4 aromatic carbocycles. The van der Waals surface area contributed by atoms with Gasteiger partial charge in [-0.25, -0.2) is 0 Å². The number of nitrogens with one attached hydrogen (secondary N) is 5. The fourth-order valence-corrected chi connectivity index (χ4v) is 8.06. The minimum Gasteiger partial charge on any atom is -0.481 e. The molecular formula is C47H49N9O4. The Bertz CT molecular complexity index is 2540. The highest BCUT2D eigenvalue weighted by atomic mass is 16.4. The first-order chi connectivity index (χ1) is 28.9. The number of para-hydroxylation sites is 2. The number of rotatable bonds is 14. The number of nitriles is 2. The lowest BCUT2D eigenvalue weighted by atomic mass is 9.93. The molecular weight excluding hydrogens is 755 g/mol. The number of pyridine rings is 1. The quantitative estimate of drug-likeness (QED) is 0.0736. The normalized spacial score (nSPS) is 17.6. The molecule has 7 rings (SSSR count). The van der Waals surface area contributed by atoms with Crippen molar-refractivity contribution in [2.45, 2.75) is 63.2 Å². The minimum absolute atomic E-state index is 0.00566. The van der Waals surface area contributed by atoms with Gasteiger partial charge in [-0.1, -0.05) is 62.4 Å². The molecule has 0 unspecified atom stereocenters. The molecule has 1 amide bonds. The zero-order valence-electron chi connectivity index (χ0n) is 34.1. The third kappa shape index (κ3) is 8.73. The summed E-state index contributed by atoms with van der Waals surface area (Å²) in [7, 11) is 1.71. The number of aliphatic carboxylic acids is 1. The molecule has 13 nitrogen and oxygen atoms in total. The maximum atomic E-state index is 14.6. The monoisotopic (exact) mass is 803 g/mol. The van der Waals surface area contributed by atoms with Crippen LogP contribution >= 0.6 is 0 Å². The number of carboxylic acid groups (broad SMARTS) is 1. The van der Waals surface area contributed by atoms with Crippen LogP contribution in [0.1, 0.15) is 72.0 Å². The summed E-state index contributed by atoms with van der Waals surface area (Å²) < 4.78 is 1.53. The number of benzene rings is 4. The van der Waals surface area contributed by atoms with Crippen molar-refractivity contribution < 1.29 is 14.7 Å². The number of anilines is 5. The lowest BCUT2D eigenvalue weighted by molar-refractivity contribution is -0.136. The number of nitrogens with zero attached hydrogens (tertiary/aromatic N) is 4. The molecule has 0 fully saturated rings. The van der Waals surface area contributed by atoms with Gasteiger partial charge in [-0.05, 0) is 83.5 Å². The van der Waals surface area contributed by atoms with Crippen LogP contribution in [0, 0.1) is 22.7 Å². The van der Waals surface area contributed by atoms with E-state index in [2.05, 4.69) is 45.6 Å². The Labute approximate surface area is 349 Å². The number of carbonyl (C=O) groups excluding carboxylic acids is 1. The first-order valence-electron chi connectivity index (χ1n) is 20.2. The van der Waals surface area contributed by atoms with Gasteiger partial charge in [-0.2, -0.15) is 10.5 Å². The van der Waals surface area contributed by atoms with Gasteiger partial charge in [0.25, 0.3) is 11.5 Å². The molecule has 0 saturated carbocycles. The SMILES string of the molecule is C[C@@H](CN[C@H](c1ccc(N2C(=O)[C@H]([C@@H](C)NC[C@H](C)c3ccn(C)c(=O)c3)Nc3c(C#N)cccc32)cc1)[C@H]1CNc2cccc(C#N)c2N1)c1cccc(CC(=O)O)c1. The van der Waals surface area contributed by atoms with Crippen LogP contribution in [0.3, 0.4) is 0 Å². The summed E-state index contributed by atoms with van der Waals surface area (Å²) >= 11 is 0. The smallest absolute Gasteiger partial charge is 0.307 e. The topological polar surface area (TPSA) is 187 Å². The number of aryl methyl sites for hydroxylation is 1. The third-order valence-electron chi connectivity index (χ3n) is 11.6. The van der Waals surface area contributed by atoms with E-state index in [0.717, 1.165) is 33.6 Å². The largest absolute Gasteiger partial charge is 0.481 e. The summed E-state index contributed by atoms with van der Waals surface area (Å²) in [5, 5.41) is 47.2.